The molecule has 2 aliphatic heterocycles. The molecule has 1 saturated carbocycles. The monoisotopic (exact) mass is 646 g/mol. The molecule has 2 aromatic carbocycles. The van der Waals surface area contributed by atoms with Crippen LogP contribution in [0.5, 0.6) is 17.2 Å². The lowest BCUT2D eigenvalue weighted by Gasteiger charge is -2.57. The maximum atomic E-state index is 12.5. The largest absolute Gasteiger partial charge is 0.485 e. The van der Waals surface area contributed by atoms with Gasteiger partial charge in [-0.3, -0.25) is 4.79 Å². The van der Waals surface area contributed by atoms with Gasteiger partial charge < -0.3 is 29.8 Å². The molecule has 6 unspecified atom stereocenters. The number of carbonyl (C=O) groups excluding carboxylic acids is 1. The lowest BCUT2D eigenvalue weighted by molar-refractivity contribution is -0.191. The fourth-order valence-corrected chi connectivity index (χ4v) is 8.49. The molecule has 0 amide bonds. The molecule has 1 aromatic heterocycles. The second-order valence-electron chi connectivity index (χ2n) is 10.7. The number of benzene rings is 2. The van der Waals surface area contributed by atoms with Crippen molar-refractivity contribution in [2.75, 3.05) is 13.2 Å². The number of thioether (sulfide) groups is 1. The Hall–Kier alpha value is -2.57. The Morgan fingerprint density at radius 2 is 2.02 bits per heavy atom. The van der Waals surface area contributed by atoms with E-state index in [1.165, 1.54) is 23.1 Å². The van der Waals surface area contributed by atoms with E-state index < -0.39 is 23.7 Å². The number of thiophene rings is 1. The number of fused-ring (bicyclic) bond motifs is 2. The van der Waals surface area contributed by atoms with Crippen LogP contribution in [-0.2, 0) is 9.59 Å². The van der Waals surface area contributed by atoms with Crippen LogP contribution in [0.25, 0.3) is 0 Å². The van der Waals surface area contributed by atoms with Gasteiger partial charge in [0.15, 0.2) is 11.5 Å². The number of aliphatic hydroxyl groups is 1. The average molecular weight is 648 g/mol. The number of carboxylic acids is 1. The molecule has 6 rings (SSSR count). The van der Waals surface area contributed by atoms with Crippen molar-refractivity contribution >= 4 is 58.6 Å². The minimum atomic E-state index is -1.07. The number of hydrogen-bond acceptors (Lipinski definition) is 9. The van der Waals surface area contributed by atoms with E-state index in [1.807, 2.05) is 35.9 Å². The minimum absolute atomic E-state index is 0.0101. The number of hydrogen-bond donors (Lipinski definition) is 3. The first-order chi connectivity index (χ1) is 20.2. The molecule has 3 aliphatic rings. The van der Waals surface area contributed by atoms with Crippen LogP contribution in [0.15, 0.2) is 64.9 Å². The summed E-state index contributed by atoms with van der Waals surface area (Å²) in [6.45, 7) is 2.35. The summed E-state index contributed by atoms with van der Waals surface area (Å²) in [4.78, 5) is 26.7. The number of carboxylic acid groups (broad SMARTS) is 1. The highest BCUT2D eigenvalue weighted by Crippen LogP contribution is 2.66. The second kappa shape index (κ2) is 11.8. The zero-order valence-electron chi connectivity index (χ0n) is 22.4. The van der Waals surface area contributed by atoms with E-state index in [0.29, 0.717) is 45.8 Å². The molecule has 2 fully saturated rings. The van der Waals surface area contributed by atoms with E-state index in [9.17, 15) is 19.8 Å². The van der Waals surface area contributed by atoms with Crippen LogP contribution in [0, 0.1) is 12.3 Å². The molecule has 220 valence electrons. The highest BCUT2D eigenvalue weighted by Gasteiger charge is 2.76. The standard InChI is InChI=1S/C30H28Cl2N2O6S2/c1-16-4-6-21(20(32)9-16)40-22-7-5-19(31)10-23(22)39-14-18-15-42-29-30(28(38)34(29)26(18)27(36)37)11-25(30)33-12-17(13-35)24-3-2-8-41-24/h2-10,13,15,17,25-26,28-29,33,38H,11-12,14H2,1H3,(H,36,37). The number of aldehydes is 1. The van der Waals surface area contributed by atoms with Gasteiger partial charge in [0.25, 0.3) is 0 Å². The van der Waals surface area contributed by atoms with E-state index in [0.717, 1.165) is 16.7 Å². The third kappa shape index (κ3) is 5.34. The van der Waals surface area contributed by atoms with Crippen LogP contribution >= 0.6 is 46.3 Å². The first kappa shape index (κ1) is 29.5. The van der Waals surface area contributed by atoms with Gasteiger partial charge in [-0.15, -0.1) is 23.1 Å². The summed E-state index contributed by atoms with van der Waals surface area (Å²) >= 11 is 15.6. The maximum Gasteiger partial charge on any atom is 0.325 e. The topological polar surface area (TPSA) is 108 Å². The van der Waals surface area contributed by atoms with Crippen molar-refractivity contribution in [3.63, 3.8) is 0 Å². The van der Waals surface area contributed by atoms with Gasteiger partial charge >= 0.3 is 5.97 Å². The smallest absolute Gasteiger partial charge is 0.325 e. The molecule has 42 heavy (non-hydrogen) atoms. The molecule has 0 bridgehead atoms. The minimum Gasteiger partial charge on any atom is -0.485 e. The second-order valence-corrected chi connectivity index (χ2v) is 13.5. The quantitative estimate of drug-likeness (QED) is 0.219. The first-order valence-corrected chi connectivity index (χ1v) is 15.9. The molecular formula is C30H28Cl2N2O6S2. The Morgan fingerprint density at radius 1 is 1.21 bits per heavy atom. The average Bonchev–Trinajstić information content (AvgIpc) is 3.49. The van der Waals surface area contributed by atoms with Crippen LogP contribution in [0.2, 0.25) is 10.0 Å². The SMILES string of the molecule is Cc1ccc(Oc2ccc(Cl)cc2OCC2=CSC3N(C2C(=O)O)C(O)C32CC2NCC(C=O)c2cccs2)c(Cl)c1. The summed E-state index contributed by atoms with van der Waals surface area (Å²) in [5.41, 5.74) is 1.03. The highest BCUT2D eigenvalue weighted by molar-refractivity contribution is 8.02. The van der Waals surface area contributed by atoms with Crippen molar-refractivity contribution in [3.8, 4) is 17.2 Å². The van der Waals surface area contributed by atoms with Gasteiger partial charge in [0.1, 0.15) is 30.9 Å². The van der Waals surface area contributed by atoms with E-state index in [2.05, 4.69) is 5.32 Å². The summed E-state index contributed by atoms with van der Waals surface area (Å²) in [5, 5.41) is 29.3. The third-order valence-corrected chi connectivity index (χ3v) is 10.9. The Labute approximate surface area is 261 Å². The van der Waals surface area contributed by atoms with Crippen molar-refractivity contribution < 1.29 is 29.3 Å². The van der Waals surface area contributed by atoms with Gasteiger partial charge in [-0.05, 0) is 60.0 Å². The molecular weight excluding hydrogens is 619 g/mol. The van der Waals surface area contributed by atoms with E-state index in [4.69, 9.17) is 32.7 Å². The Morgan fingerprint density at radius 3 is 2.74 bits per heavy atom. The molecule has 6 atom stereocenters. The van der Waals surface area contributed by atoms with Gasteiger partial charge in [0, 0.05) is 34.1 Å². The predicted molar refractivity (Wildman–Crippen MR) is 164 cm³/mol. The number of aryl methyl sites for hydroxylation is 1. The molecule has 3 heterocycles. The lowest BCUT2D eigenvalue weighted by Crippen LogP contribution is -2.72. The van der Waals surface area contributed by atoms with Crippen LogP contribution in [0.4, 0.5) is 0 Å². The van der Waals surface area contributed by atoms with Gasteiger partial charge in [0.05, 0.1) is 21.7 Å². The third-order valence-electron chi connectivity index (χ3n) is 8.04. The highest BCUT2D eigenvalue weighted by atomic mass is 35.5. The van der Waals surface area contributed by atoms with E-state index in [1.54, 1.807) is 35.2 Å². The van der Waals surface area contributed by atoms with Gasteiger partial charge in [-0.1, -0.05) is 35.3 Å². The summed E-state index contributed by atoms with van der Waals surface area (Å²) < 4.78 is 12.1. The first-order valence-electron chi connectivity index (χ1n) is 13.3. The fraction of sp³-hybridized carbons (Fsp3) is 0.333. The zero-order chi connectivity index (χ0) is 29.6. The number of rotatable bonds is 11. The number of halogens is 2. The van der Waals surface area contributed by atoms with Crippen molar-refractivity contribution in [1.82, 2.24) is 10.2 Å². The predicted octanol–water partition coefficient (Wildman–Crippen LogP) is 5.91. The van der Waals surface area contributed by atoms with E-state index in [-0.39, 0.29) is 23.9 Å². The van der Waals surface area contributed by atoms with Crippen molar-refractivity contribution in [1.29, 1.82) is 0 Å². The van der Waals surface area contributed by atoms with Crippen molar-refractivity contribution in [2.45, 2.75) is 42.9 Å². The molecule has 12 heteroatoms. The molecule has 1 aliphatic carbocycles. The molecule has 8 nitrogen and oxygen atoms in total. The van der Waals surface area contributed by atoms with Crippen LogP contribution in [0.3, 0.4) is 0 Å². The molecule has 1 spiro atoms. The van der Waals surface area contributed by atoms with Gasteiger partial charge in [-0.2, -0.15) is 0 Å². The number of nitrogens with one attached hydrogen (secondary N) is 1. The molecule has 0 radical (unpaired) electrons. The number of aliphatic hydroxyl groups excluding tert-OH is 1. The number of ether oxygens (including phenoxy) is 2. The summed E-state index contributed by atoms with van der Waals surface area (Å²) in [7, 11) is 0. The van der Waals surface area contributed by atoms with Crippen LogP contribution in [-0.4, -0.2) is 64.2 Å². The maximum absolute atomic E-state index is 12.5. The number of carbonyl (C=O) groups is 2. The molecule has 3 N–H and O–H groups in total. The van der Waals surface area contributed by atoms with Crippen molar-refractivity contribution in [2.24, 2.45) is 5.41 Å². The van der Waals surface area contributed by atoms with Crippen LogP contribution < -0.4 is 14.8 Å². The summed E-state index contributed by atoms with van der Waals surface area (Å²) in [6, 6.07) is 13.2. The van der Waals surface area contributed by atoms with Crippen molar-refractivity contribution in [3.05, 3.63) is 85.4 Å². The Bertz CT molecular complexity index is 1540. The normalized spacial score (nSPS) is 27.0. The Kier molecular flexibility index (Phi) is 8.32. The van der Waals surface area contributed by atoms with E-state index >= 15 is 0 Å². The Balaban J connectivity index is 1.14. The summed E-state index contributed by atoms with van der Waals surface area (Å²) in [5.74, 6) is -0.164. The molecule has 3 aromatic rings. The molecule has 1 saturated heterocycles. The van der Waals surface area contributed by atoms with Crippen LogP contribution in [0.1, 0.15) is 22.8 Å². The lowest BCUT2D eigenvalue weighted by atomic mass is 9.87. The fourth-order valence-electron chi connectivity index (χ4n) is 5.76. The number of nitrogens with zero attached hydrogens (tertiary/aromatic N) is 1. The zero-order valence-corrected chi connectivity index (χ0v) is 25.6. The van der Waals surface area contributed by atoms with Gasteiger partial charge in [0.2, 0.25) is 0 Å². The summed E-state index contributed by atoms with van der Waals surface area (Å²) in [6.07, 6.45) is 0.700. The number of aliphatic carboxylic acids is 1. The van der Waals surface area contributed by atoms with Gasteiger partial charge in [-0.25, -0.2) is 4.90 Å².